The number of hydrogen-bond donors (Lipinski definition) is 0. The molecule has 174 valence electrons. The summed E-state index contributed by atoms with van der Waals surface area (Å²) in [6, 6.07) is 28.3. The van der Waals surface area contributed by atoms with E-state index in [1.165, 1.54) is 11.1 Å². The van der Waals surface area contributed by atoms with Crippen molar-refractivity contribution in [1.82, 2.24) is 14.7 Å². The summed E-state index contributed by atoms with van der Waals surface area (Å²) in [6.07, 6.45) is 1.99. The van der Waals surface area contributed by atoms with Crippen molar-refractivity contribution in [2.45, 2.75) is 19.8 Å². The maximum atomic E-state index is 14.1. The first-order chi connectivity index (χ1) is 16.7. The van der Waals surface area contributed by atoms with Crippen LogP contribution >= 0.6 is 0 Å². The molecule has 1 aliphatic rings. The molecule has 1 aromatic heterocycles. The maximum Gasteiger partial charge on any atom is 0.146 e. The third-order valence-electron chi connectivity index (χ3n) is 6.58. The van der Waals surface area contributed by atoms with Gasteiger partial charge in [0.15, 0.2) is 0 Å². The molecule has 0 unspecified atom stereocenters. The Bertz CT molecular complexity index is 1210. The van der Waals surface area contributed by atoms with Crippen LogP contribution in [0.2, 0.25) is 0 Å². The highest BCUT2D eigenvalue weighted by atomic mass is 19.1. The predicted molar refractivity (Wildman–Crippen MR) is 137 cm³/mol. The van der Waals surface area contributed by atoms with Crippen molar-refractivity contribution < 1.29 is 4.39 Å². The zero-order chi connectivity index (χ0) is 23.3. The monoisotopic (exact) mass is 454 g/mol. The molecule has 4 aromatic rings. The molecule has 1 saturated heterocycles. The fourth-order valence-corrected chi connectivity index (χ4v) is 4.65. The van der Waals surface area contributed by atoms with E-state index in [1.54, 1.807) is 12.1 Å². The van der Waals surface area contributed by atoms with E-state index in [1.807, 2.05) is 18.2 Å². The largest absolute Gasteiger partial charge is 0.367 e. The molecule has 0 N–H and O–H groups in total. The van der Waals surface area contributed by atoms with E-state index in [9.17, 15) is 4.39 Å². The van der Waals surface area contributed by atoms with Crippen LogP contribution in [-0.2, 0) is 6.42 Å². The minimum absolute atomic E-state index is 0.130. The van der Waals surface area contributed by atoms with E-state index in [0.717, 1.165) is 68.3 Å². The zero-order valence-electron chi connectivity index (χ0n) is 19.7. The summed E-state index contributed by atoms with van der Waals surface area (Å²) in [7, 11) is 0. The van der Waals surface area contributed by atoms with Crippen molar-refractivity contribution in [3.8, 4) is 16.9 Å². The second-order valence-electron chi connectivity index (χ2n) is 9.02. The summed E-state index contributed by atoms with van der Waals surface area (Å²) < 4.78 is 16.2. The van der Waals surface area contributed by atoms with Crippen molar-refractivity contribution in [3.05, 3.63) is 102 Å². The average Bonchev–Trinajstić information content (AvgIpc) is 3.30. The molecule has 1 fully saturated rings. The maximum absolute atomic E-state index is 14.1. The Kier molecular flexibility index (Phi) is 6.72. The quantitative estimate of drug-likeness (QED) is 0.356. The van der Waals surface area contributed by atoms with Gasteiger partial charge in [-0.3, -0.25) is 4.90 Å². The first-order valence-corrected chi connectivity index (χ1v) is 12.1. The molecule has 0 saturated carbocycles. The molecule has 3 aromatic carbocycles. The summed E-state index contributed by atoms with van der Waals surface area (Å²) in [5.74, 6) is -0.130. The lowest BCUT2D eigenvalue weighted by Crippen LogP contribution is -2.47. The van der Waals surface area contributed by atoms with Crippen LogP contribution < -0.4 is 4.90 Å². The van der Waals surface area contributed by atoms with E-state index >= 15 is 0 Å². The molecule has 4 nitrogen and oxygen atoms in total. The van der Waals surface area contributed by atoms with Crippen LogP contribution in [0.15, 0.2) is 84.9 Å². The van der Waals surface area contributed by atoms with Gasteiger partial charge in [0.2, 0.25) is 0 Å². The Hall–Kier alpha value is -3.44. The number of benzene rings is 3. The van der Waals surface area contributed by atoms with E-state index in [2.05, 4.69) is 76.0 Å². The van der Waals surface area contributed by atoms with Crippen molar-refractivity contribution in [2.75, 3.05) is 37.6 Å². The van der Waals surface area contributed by atoms with Gasteiger partial charge in [0, 0.05) is 31.7 Å². The minimum Gasteiger partial charge on any atom is -0.367 e. The normalized spacial score (nSPS) is 14.5. The van der Waals surface area contributed by atoms with Gasteiger partial charge < -0.3 is 4.90 Å². The molecular weight excluding hydrogens is 423 g/mol. The smallest absolute Gasteiger partial charge is 0.146 e. The number of nitrogens with zero attached hydrogens (tertiary/aromatic N) is 4. The molecule has 0 bridgehead atoms. The van der Waals surface area contributed by atoms with Gasteiger partial charge in [-0.2, -0.15) is 5.10 Å². The topological polar surface area (TPSA) is 24.3 Å². The first kappa shape index (κ1) is 22.4. The fraction of sp³-hybridized carbons (Fsp3) is 0.276. The van der Waals surface area contributed by atoms with Crippen LogP contribution in [-0.4, -0.2) is 47.4 Å². The van der Waals surface area contributed by atoms with Crippen LogP contribution in [0.5, 0.6) is 0 Å². The number of aryl methyl sites for hydroxylation is 2. The van der Waals surface area contributed by atoms with Gasteiger partial charge in [0.1, 0.15) is 5.82 Å². The molecule has 0 spiro atoms. The number of rotatable bonds is 7. The van der Waals surface area contributed by atoms with Crippen molar-refractivity contribution in [3.63, 3.8) is 0 Å². The van der Waals surface area contributed by atoms with Gasteiger partial charge in [-0.25, -0.2) is 9.07 Å². The number of anilines is 1. The summed E-state index contributed by atoms with van der Waals surface area (Å²) in [5, 5.41) is 4.97. The third kappa shape index (κ3) is 5.05. The van der Waals surface area contributed by atoms with E-state index in [0.29, 0.717) is 0 Å². The van der Waals surface area contributed by atoms with Gasteiger partial charge >= 0.3 is 0 Å². The summed E-state index contributed by atoms with van der Waals surface area (Å²) >= 11 is 0. The highest BCUT2D eigenvalue weighted by Gasteiger charge is 2.19. The van der Waals surface area contributed by atoms with E-state index in [4.69, 9.17) is 5.10 Å². The van der Waals surface area contributed by atoms with Gasteiger partial charge in [0.05, 0.1) is 22.8 Å². The standard InChI is InChI=1S/C29H31FN4/c1-23-13-15-24(16-14-23)29-22-25(31-34(29)26-9-3-2-4-10-26)8-7-17-32-18-20-33(21-19-32)28-12-6-5-11-27(28)30/h2-6,9-16,22H,7-8,17-21H2,1H3. The van der Waals surface area contributed by atoms with Crippen LogP contribution in [0.4, 0.5) is 10.1 Å². The summed E-state index contributed by atoms with van der Waals surface area (Å²) in [4.78, 5) is 4.63. The Morgan fingerprint density at radius 1 is 0.824 bits per heavy atom. The van der Waals surface area contributed by atoms with Crippen LogP contribution in [0.1, 0.15) is 17.7 Å². The Labute approximate surface area is 201 Å². The van der Waals surface area contributed by atoms with Gasteiger partial charge in [0.25, 0.3) is 0 Å². The summed E-state index contributed by atoms with van der Waals surface area (Å²) in [5.41, 5.74) is 6.47. The lowest BCUT2D eigenvalue weighted by atomic mass is 10.1. The first-order valence-electron chi connectivity index (χ1n) is 12.1. The molecule has 5 rings (SSSR count). The molecule has 34 heavy (non-hydrogen) atoms. The molecular formula is C29H31FN4. The van der Waals surface area contributed by atoms with Crippen molar-refractivity contribution in [1.29, 1.82) is 0 Å². The molecule has 0 radical (unpaired) electrons. The Morgan fingerprint density at radius 3 is 2.26 bits per heavy atom. The summed E-state index contributed by atoms with van der Waals surface area (Å²) in [6.45, 7) is 6.79. The zero-order valence-corrected chi connectivity index (χ0v) is 19.7. The number of para-hydroxylation sites is 2. The van der Waals surface area contributed by atoms with Gasteiger partial charge in [-0.15, -0.1) is 0 Å². The molecule has 5 heteroatoms. The number of piperazine rings is 1. The Morgan fingerprint density at radius 2 is 1.53 bits per heavy atom. The fourth-order valence-electron chi connectivity index (χ4n) is 4.65. The third-order valence-corrected chi connectivity index (χ3v) is 6.58. The molecule has 0 amide bonds. The van der Waals surface area contributed by atoms with Crippen molar-refractivity contribution >= 4 is 5.69 Å². The van der Waals surface area contributed by atoms with Crippen LogP contribution in [0, 0.1) is 12.7 Å². The lowest BCUT2D eigenvalue weighted by Gasteiger charge is -2.36. The van der Waals surface area contributed by atoms with Crippen LogP contribution in [0.25, 0.3) is 16.9 Å². The highest BCUT2D eigenvalue weighted by molar-refractivity contribution is 5.63. The van der Waals surface area contributed by atoms with Gasteiger partial charge in [-0.05, 0) is 56.6 Å². The minimum atomic E-state index is -0.130. The molecule has 0 aliphatic carbocycles. The van der Waals surface area contributed by atoms with Crippen molar-refractivity contribution in [2.24, 2.45) is 0 Å². The SMILES string of the molecule is Cc1ccc(-c2cc(CCCN3CCN(c4ccccc4F)CC3)nn2-c2ccccc2)cc1. The number of aromatic nitrogens is 2. The Balaban J connectivity index is 1.22. The predicted octanol–water partition coefficient (Wildman–Crippen LogP) is 5.74. The molecule has 0 atom stereocenters. The van der Waals surface area contributed by atoms with E-state index < -0.39 is 0 Å². The highest BCUT2D eigenvalue weighted by Crippen LogP contribution is 2.25. The second kappa shape index (κ2) is 10.2. The van der Waals surface area contributed by atoms with E-state index in [-0.39, 0.29) is 5.82 Å². The molecule has 1 aliphatic heterocycles. The molecule has 2 heterocycles. The lowest BCUT2D eigenvalue weighted by molar-refractivity contribution is 0.254. The second-order valence-corrected chi connectivity index (χ2v) is 9.02. The van der Waals surface area contributed by atoms with Crippen LogP contribution in [0.3, 0.4) is 0 Å². The number of hydrogen-bond acceptors (Lipinski definition) is 3. The number of halogens is 1. The van der Waals surface area contributed by atoms with Gasteiger partial charge in [-0.1, -0.05) is 60.2 Å². The average molecular weight is 455 g/mol.